The fourth-order valence-electron chi connectivity index (χ4n) is 2.89. The second kappa shape index (κ2) is 8.10. The zero-order chi connectivity index (χ0) is 20.3. The lowest BCUT2D eigenvalue weighted by atomic mass is 10.2. The van der Waals surface area contributed by atoms with Crippen molar-refractivity contribution in [2.24, 2.45) is 0 Å². The summed E-state index contributed by atoms with van der Waals surface area (Å²) in [5, 5.41) is 2.82. The van der Waals surface area contributed by atoms with Gasteiger partial charge in [0.15, 0.2) is 6.10 Å². The number of ether oxygens (including phenoxy) is 2. The number of fused-ring (bicyclic) bond motifs is 1. The molecule has 0 radical (unpaired) electrons. The maximum atomic E-state index is 12.6. The van der Waals surface area contributed by atoms with Crippen LogP contribution in [0, 0.1) is 6.92 Å². The topological polar surface area (TPSA) is 84.9 Å². The molecule has 0 saturated carbocycles. The largest absolute Gasteiger partial charge is 0.491 e. The number of para-hydroxylation sites is 2. The summed E-state index contributed by atoms with van der Waals surface area (Å²) in [6.45, 7) is 4.02. The molecule has 150 valence electrons. The number of nitrogens with zero attached hydrogens (tertiary/aromatic N) is 1. The molecule has 0 saturated heterocycles. The summed E-state index contributed by atoms with van der Waals surface area (Å²) >= 11 is 0. The minimum Gasteiger partial charge on any atom is -0.491 e. The first-order valence-corrected chi connectivity index (χ1v) is 10.8. The van der Waals surface area contributed by atoms with E-state index in [-0.39, 0.29) is 25.1 Å². The minimum atomic E-state index is -3.54. The van der Waals surface area contributed by atoms with Crippen molar-refractivity contribution in [2.75, 3.05) is 23.7 Å². The van der Waals surface area contributed by atoms with Gasteiger partial charge in [-0.1, -0.05) is 29.8 Å². The van der Waals surface area contributed by atoms with E-state index in [1.165, 1.54) is 4.31 Å². The Balaban J connectivity index is 1.63. The van der Waals surface area contributed by atoms with E-state index in [2.05, 4.69) is 5.32 Å². The Hall–Kier alpha value is -2.74. The van der Waals surface area contributed by atoms with Gasteiger partial charge in [0.2, 0.25) is 10.0 Å². The standard InChI is InChI=1S/C20H24N2O5S/c1-14-8-10-16(11-9-14)26-13-15(2)21-20(23)19-12-22(28(3,24)25)17-6-4-5-7-18(17)27-19/h4-11,15,19H,12-13H2,1-3H3,(H,21,23)/t15-,19+/m0/s1. The molecule has 2 aromatic rings. The average Bonchev–Trinajstić information content (AvgIpc) is 2.66. The quantitative estimate of drug-likeness (QED) is 0.797. The lowest BCUT2D eigenvalue weighted by Crippen LogP contribution is -2.52. The van der Waals surface area contributed by atoms with Gasteiger partial charge >= 0.3 is 0 Å². The number of rotatable bonds is 6. The Morgan fingerprint density at radius 3 is 2.61 bits per heavy atom. The molecule has 1 heterocycles. The van der Waals surface area contributed by atoms with Gasteiger partial charge in [0, 0.05) is 0 Å². The van der Waals surface area contributed by atoms with E-state index in [4.69, 9.17) is 9.47 Å². The maximum Gasteiger partial charge on any atom is 0.263 e. The van der Waals surface area contributed by atoms with E-state index in [1.807, 2.05) is 38.1 Å². The van der Waals surface area contributed by atoms with Crippen molar-refractivity contribution >= 4 is 21.6 Å². The fraction of sp³-hybridized carbons (Fsp3) is 0.350. The summed E-state index contributed by atoms with van der Waals surface area (Å²) in [5.41, 5.74) is 1.57. The average molecular weight is 404 g/mol. The Morgan fingerprint density at radius 2 is 1.93 bits per heavy atom. The van der Waals surface area contributed by atoms with Gasteiger partial charge in [-0.15, -0.1) is 0 Å². The number of amides is 1. The number of aryl methyl sites for hydroxylation is 1. The summed E-state index contributed by atoms with van der Waals surface area (Å²) in [6, 6.07) is 14.1. The molecule has 3 rings (SSSR count). The Morgan fingerprint density at radius 1 is 1.25 bits per heavy atom. The molecule has 0 aliphatic carbocycles. The number of benzene rings is 2. The molecule has 0 aromatic heterocycles. The highest BCUT2D eigenvalue weighted by Crippen LogP contribution is 2.34. The van der Waals surface area contributed by atoms with Crippen LogP contribution in [-0.4, -0.2) is 45.9 Å². The van der Waals surface area contributed by atoms with E-state index in [0.29, 0.717) is 11.4 Å². The molecule has 0 spiro atoms. The van der Waals surface area contributed by atoms with Crippen LogP contribution in [0.25, 0.3) is 0 Å². The highest BCUT2D eigenvalue weighted by molar-refractivity contribution is 7.92. The number of carbonyl (C=O) groups is 1. The van der Waals surface area contributed by atoms with Crippen molar-refractivity contribution in [1.29, 1.82) is 0 Å². The molecule has 28 heavy (non-hydrogen) atoms. The number of nitrogens with one attached hydrogen (secondary N) is 1. The van der Waals surface area contributed by atoms with E-state index in [9.17, 15) is 13.2 Å². The zero-order valence-corrected chi connectivity index (χ0v) is 16.9. The lowest BCUT2D eigenvalue weighted by Gasteiger charge is -2.34. The number of hydrogen-bond acceptors (Lipinski definition) is 5. The number of anilines is 1. The van der Waals surface area contributed by atoms with Crippen LogP contribution in [-0.2, 0) is 14.8 Å². The minimum absolute atomic E-state index is 0.0762. The molecule has 7 nitrogen and oxygen atoms in total. The van der Waals surface area contributed by atoms with Gasteiger partial charge in [0.1, 0.15) is 18.1 Å². The summed E-state index contributed by atoms with van der Waals surface area (Å²) in [5.74, 6) is 0.698. The van der Waals surface area contributed by atoms with Gasteiger partial charge in [-0.3, -0.25) is 9.10 Å². The molecular weight excluding hydrogens is 380 g/mol. The van der Waals surface area contributed by atoms with Gasteiger partial charge in [-0.05, 0) is 38.1 Å². The summed E-state index contributed by atoms with van der Waals surface area (Å²) < 4.78 is 36.9. The summed E-state index contributed by atoms with van der Waals surface area (Å²) in [7, 11) is -3.54. The maximum absolute atomic E-state index is 12.6. The first-order chi connectivity index (χ1) is 13.2. The molecule has 8 heteroatoms. The SMILES string of the molecule is Cc1ccc(OC[C@H](C)NC(=O)[C@H]2CN(S(C)(=O)=O)c3ccccc3O2)cc1. The van der Waals surface area contributed by atoms with Crippen LogP contribution in [0.4, 0.5) is 5.69 Å². The van der Waals surface area contributed by atoms with E-state index in [1.54, 1.807) is 24.3 Å². The third-order valence-electron chi connectivity index (χ3n) is 4.34. The van der Waals surface area contributed by atoms with Crippen molar-refractivity contribution < 1.29 is 22.7 Å². The van der Waals surface area contributed by atoms with Gasteiger partial charge < -0.3 is 14.8 Å². The van der Waals surface area contributed by atoms with Crippen LogP contribution >= 0.6 is 0 Å². The fourth-order valence-corrected chi connectivity index (χ4v) is 3.80. The van der Waals surface area contributed by atoms with E-state index >= 15 is 0 Å². The van der Waals surface area contributed by atoms with Crippen molar-refractivity contribution in [3.05, 3.63) is 54.1 Å². The molecular formula is C20H24N2O5S. The highest BCUT2D eigenvalue weighted by atomic mass is 32.2. The molecule has 0 unspecified atom stereocenters. The molecule has 1 N–H and O–H groups in total. The smallest absolute Gasteiger partial charge is 0.263 e. The molecule has 0 fully saturated rings. The number of hydrogen-bond donors (Lipinski definition) is 1. The van der Waals surface area contributed by atoms with Crippen LogP contribution < -0.4 is 19.1 Å². The summed E-state index contributed by atoms with van der Waals surface area (Å²) in [4.78, 5) is 12.6. The highest BCUT2D eigenvalue weighted by Gasteiger charge is 2.35. The molecule has 2 atom stereocenters. The van der Waals surface area contributed by atoms with Crippen LogP contribution in [0.15, 0.2) is 48.5 Å². The normalized spacial score (nSPS) is 17.2. The second-order valence-electron chi connectivity index (χ2n) is 6.90. The molecule has 2 aromatic carbocycles. The van der Waals surface area contributed by atoms with Gasteiger partial charge in [-0.25, -0.2) is 8.42 Å². The van der Waals surface area contributed by atoms with Crippen LogP contribution in [0.2, 0.25) is 0 Å². The van der Waals surface area contributed by atoms with Gasteiger partial charge in [0.25, 0.3) is 5.91 Å². The Bertz CT molecular complexity index is 943. The summed E-state index contributed by atoms with van der Waals surface area (Å²) in [6.07, 6.45) is 0.175. The van der Waals surface area contributed by atoms with E-state index < -0.39 is 16.1 Å². The molecule has 1 aliphatic rings. The van der Waals surface area contributed by atoms with Crippen molar-refractivity contribution in [3.63, 3.8) is 0 Å². The predicted molar refractivity (Wildman–Crippen MR) is 107 cm³/mol. The predicted octanol–water partition coefficient (Wildman–Crippen LogP) is 2.11. The third kappa shape index (κ3) is 4.75. The van der Waals surface area contributed by atoms with E-state index in [0.717, 1.165) is 17.6 Å². The third-order valence-corrected chi connectivity index (χ3v) is 5.48. The Labute approximate surface area is 165 Å². The molecule has 0 bridgehead atoms. The molecule has 1 aliphatic heterocycles. The monoisotopic (exact) mass is 404 g/mol. The first-order valence-electron chi connectivity index (χ1n) is 8.97. The van der Waals surface area contributed by atoms with Crippen molar-refractivity contribution in [3.8, 4) is 11.5 Å². The van der Waals surface area contributed by atoms with Gasteiger partial charge in [-0.2, -0.15) is 0 Å². The molecule has 1 amide bonds. The number of sulfonamides is 1. The van der Waals surface area contributed by atoms with Crippen molar-refractivity contribution in [2.45, 2.75) is 26.0 Å². The second-order valence-corrected chi connectivity index (χ2v) is 8.81. The Kier molecular flexibility index (Phi) is 5.79. The first kappa shape index (κ1) is 20.0. The van der Waals surface area contributed by atoms with Crippen LogP contribution in [0.1, 0.15) is 12.5 Å². The van der Waals surface area contributed by atoms with Crippen LogP contribution in [0.3, 0.4) is 0 Å². The van der Waals surface area contributed by atoms with Gasteiger partial charge in [0.05, 0.1) is 24.5 Å². The lowest BCUT2D eigenvalue weighted by molar-refractivity contribution is -0.128. The van der Waals surface area contributed by atoms with Crippen LogP contribution in [0.5, 0.6) is 11.5 Å². The number of carbonyl (C=O) groups excluding carboxylic acids is 1. The van der Waals surface area contributed by atoms with Crippen molar-refractivity contribution in [1.82, 2.24) is 5.32 Å². The zero-order valence-electron chi connectivity index (χ0n) is 16.1.